The summed E-state index contributed by atoms with van der Waals surface area (Å²) < 4.78 is 0. The van der Waals surface area contributed by atoms with Gasteiger partial charge in [0.15, 0.2) is 0 Å². The summed E-state index contributed by atoms with van der Waals surface area (Å²) in [7, 11) is 0. The Morgan fingerprint density at radius 3 is 2.69 bits per heavy atom. The van der Waals surface area contributed by atoms with Crippen LogP contribution in [0.4, 0.5) is 0 Å². The van der Waals surface area contributed by atoms with Gasteiger partial charge in [0, 0.05) is 10.1 Å². The molecule has 0 spiro atoms. The molecule has 0 amide bonds. The molecule has 0 saturated heterocycles. The first-order valence-corrected chi connectivity index (χ1v) is 5.23. The van der Waals surface area contributed by atoms with Crippen molar-refractivity contribution in [3.05, 3.63) is 42.1 Å². The van der Waals surface area contributed by atoms with E-state index >= 15 is 0 Å². The van der Waals surface area contributed by atoms with E-state index < -0.39 is 0 Å². The molecule has 1 aromatic carbocycles. The molecule has 1 aromatic rings. The first-order chi connectivity index (χ1) is 6.24. The van der Waals surface area contributed by atoms with Gasteiger partial charge in [0.2, 0.25) is 0 Å². The van der Waals surface area contributed by atoms with Crippen LogP contribution < -0.4 is 0 Å². The van der Waals surface area contributed by atoms with Crippen molar-refractivity contribution in [1.29, 1.82) is 0 Å². The second-order valence-corrected chi connectivity index (χ2v) is 4.67. The Kier molecular flexibility index (Phi) is 3.88. The van der Waals surface area contributed by atoms with Gasteiger partial charge in [-0.25, -0.2) is 0 Å². The highest BCUT2D eigenvalue weighted by Gasteiger charge is 2.01. The molecule has 1 heteroatoms. The Morgan fingerprint density at radius 1 is 1.38 bits per heavy atom. The van der Waals surface area contributed by atoms with Gasteiger partial charge < -0.3 is 0 Å². The number of benzene rings is 1. The lowest BCUT2D eigenvalue weighted by Gasteiger charge is -2.07. The van der Waals surface area contributed by atoms with E-state index in [1.165, 1.54) is 10.5 Å². The van der Waals surface area contributed by atoms with E-state index in [1.54, 1.807) is 0 Å². The van der Waals surface area contributed by atoms with Crippen molar-refractivity contribution in [3.8, 4) is 0 Å². The fraction of sp³-hybridized carbons (Fsp3) is 0.250. The molecule has 0 atom stereocenters. The smallest absolute Gasteiger partial charge is 0.0153 e. The third-order valence-electron chi connectivity index (χ3n) is 1.54. The van der Waals surface area contributed by atoms with Crippen LogP contribution in [0.2, 0.25) is 0 Å². The predicted molar refractivity (Wildman–Crippen MR) is 61.0 cm³/mol. The third-order valence-corrected chi connectivity index (χ3v) is 2.64. The van der Waals surface area contributed by atoms with Crippen LogP contribution in [0.25, 0.3) is 6.08 Å². The van der Waals surface area contributed by atoms with E-state index in [9.17, 15) is 0 Å². The highest BCUT2D eigenvalue weighted by Crippen LogP contribution is 2.26. The molecule has 0 unspecified atom stereocenters. The molecule has 0 bridgehead atoms. The van der Waals surface area contributed by atoms with E-state index in [-0.39, 0.29) is 0 Å². The molecule has 0 radical (unpaired) electrons. The van der Waals surface area contributed by atoms with Gasteiger partial charge >= 0.3 is 0 Å². The second-order valence-electron chi connectivity index (χ2n) is 3.05. The maximum absolute atomic E-state index is 3.59. The summed E-state index contributed by atoms with van der Waals surface area (Å²) in [6.07, 6.45) is 1.92. The van der Waals surface area contributed by atoms with Crippen molar-refractivity contribution in [1.82, 2.24) is 0 Å². The summed E-state index contributed by atoms with van der Waals surface area (Å²) in [6.45, 7) is 7.97. The van der Waals surface area contributed by atoms with Crippen LogP contribution in [-0.2, 0) is 0 Å². The lowest BCUT2D eigenvalue weighted by atomic mass is 10.2. The van der Waals surface area contributed by atoms with E-state index in [4.69, 9.17) is 0 Å². The fourth-order valence-corrected chi connectivity index (χ4v) is 2.00. The van der Waals surface area contributed by atoms with Gasteiger partial charge in [-0.05, 0) is 17.7 Å². The molecule has 0 N–H and O–H groups in total. The zero-order valence-electron chi connectivity index (χ0n) is 8.08. The number of hydrogen-bond acceptors (Lipinski definition) is 1. The average molecular weight is 190 g/mol. The summed E-state index contributed by atoms with van der Waals surface area (Å²) in [5.74, 6) is 0. The summed E-state index contributed by atoms with van der Waals surface area (Å²) in [4.78, 5) is 1.30. The Bertz CT molecular complexity index is 320. The normalized spacial score (nSPS) is 9.77. The Labute approximate surface area is 84.4 Å². The molecule has 68 valence electrons. The lowest BCUT2D eigenvalue weighted by molar-refractivity contribution is 1.11. The van der Waals surface area contributed by atoms with E-state index in [0.29, 0.717) is 5.25 Å². The van der Waals surface area contributed by atoms with Crippen LogP contribution in [0.15, 0.2) is 41.5 Å². The number of hydrogen-bond donors (Lipinski definition) is 0. The summed E-state index contributed by atoms with van der Waals surface area (Å²) in [5, 5.41) is 0.611. The zero-order chi connectivity index (χ0) is 9.68. The summed E-state index contributed by atoms with van der Waals surface area (Å²) >= 11 is 1.87. The van der Waals surface area contributed by atoms with Crippen molar-refractivity contribution in [2.75, 3.05) is 0 Å². The van der Waals surface area contributed by atoms with Crippen LogP contribution in [0, 0.1) is 0 Å². The Morgan fingerprint density at radius 2 is 2.08 bits per heavy atom. The van der Waals surface area contributed by atoms with Gasteiger partial charge in [-0.15, -0.1) is 17.5 Å². The molecule has 13 heavy (non-hydrogen) atoms. The molecule has 0 fully saturated rings. The second kappa shape index (κ2) is 4.96. The van der Waals surface area contributed by atoms with Gasteiger partial charge in [0.25, 0.3) is 0 Å². The monoisotopic (exact) mass is 190 g/mol. The maximum atomic E-state index is 3.59. The van der Waals surface area contributed by atoms with Crippen LogP contribution in [0.5, 0.6) is 0 Å². The van der Waals surface area contributed by atoms with Crippen molar-refractivity contribution in [3.63, 3.8) is 0 Å². The van der Waals surface area contributed by atoms with Gasteiger partial charge in [-0.2, -0.15) is 0 Å². The van der Waals surface area contributed by atoms with Crippen molar-refractivity contribution in [2.24, 2.45) is 0 Å². The zero-order valence-corrected chi connectivity index (χ0v) is 8.90. The van der Waals surface area contributed by atoms with Gasteiger partial charge in [0.1, 0.15) is 0 Å². The minimum Gasteiger partial charge on any atom is -0.128 e. The molecule has 0 aromatic heterocycles. The molecule has 0 heterocycles. The van der Waals surface area contributed by atoms with Crippen LogP contribution in [-0.4, -0.2) is 5.25 Å². The van der Waals surface area contributed by atoms with E-state index in [0.717, 1.165) is 0 Å². The van der Waals surface area contributed by atoms with Crippen LogP contribution >= 0.6 is 11.8 Å². The van der Waals surface area contributed by atoms with E-state index in [2.05, 4.69) is 44.4 Å². The van der Waals surface area contributed by atoms with Crippen molar-refractivity contribution >= 4 is 17.8 Å². The Balaban J connectivity index is 2.97. The highest BCUT2D eigenvalue weighted by molar-refractivity contribution is 8.00. The first-order valence-electron chi connectivity index (χ1n) is 4.35. The average Bonchev–Trinajstić information content (AvgIpc) is 2.08. The number of rotatable bonds is 3. The quantitative estimate of drug-likeness (QED) is 0.513. The van der Waals surface area contributed by atoms with Crippen molar-refractivity contribution < 1.29 is 0 Å². The summed E-state index contributed by atoms with van der Waals surface area (Å²) in [6, 6.07) is 8.31. The van der Waals surface area contributed by atoms with Gasteiger partial charge in [-0.3, -0.25) is 0 Å². The van der Waals surface area contributed by atoms with Crippen LogP contribution in [0.3, 0.4) is 0 Å². The minimum atomic E-state index is 0.611. The standard InChI is InChI=1S/C12H14S/c1-4-7-11-8-5-6-9-12(11)13-10(2)3/h5-10H,1H2,2-3H3. The van der Waals surface area contributed by atoms with Crippen molar-refractivity contribution in [2.45, 2.75) is 24.0 Å². The lowest BCUT2D eigenvalue weighted by Crippen LogP contribution is -1.87. The fourth-order valence-electron chi connectivity index (χ4n) is 1.07. The predicted octanol–water partition coefficient (Wildman–Crippen LogP) is 3.99. The number of thioether (sulfide) groups is 1. The molecule has 0 aliphatic carbocycles. The molecular formula is C12H14S. The topological polar surface area (TPSA) is 0 Å². The third kappa shape index (κ3) is 3.14. The maximum Gasteiger partial charge on any atom is 0.0153 e. The first kappa shape index (κ1) is 10.2. The Hall–Kier alpha value is -0.910. The van der Waals surface area contributed by atoms with Crippen LogP contribution in [0.1, 0.15) is 19.4 Å². The molecule has 1 rings (SSSR count). The SMILES string of the molecule is C=C=Cc1ccccc1SC(C)C. The van der Waals surface area contributed by atoms with Gasteiger partial charge in [0.05, 0.1) is 0 Å². The molecule has 0 nitrogen and oxygen atoms in total. The molecular weight excluding hydrogens is 176 g/mol. The molecule has 0 aliphatic heterocycles. The molecule has 0 aliphatic rings. The van der Waals surface area contributed by atoms with E-state index in [1.807, 2.05) is 23.9 Å². The highest BCUT2D eigenvalue weighted by atomic mass is 32.2. The largest absolute Gasteiger partial charge is 0.128 e. The summed E-state index contributed by atoms with van der Waals surface area (Å²) in [5.41, 5.74) is 4.01. The van der Waals surface area contributed by atoms with Gasteiger partial charge in [-0.1, -0.05) is 38.6 Å². The molecule has 0 saturated carbocycles. The minimum absolute atomic E-state index is 0.611.